The molecule has 1 aromatic carbocycles. The highest BCUT2D eigenvalue weighted by molar-refractivity contribution is 5.81. The average Bonchev–Trinajstić information content (AvgIpc) is 2.58. The first-order valence-electron chi connectivity index (χ1n) is 6.35. The molecule has 2 unspecified atom stereocenters. The smallest absolute Gasteiger partial charge is 0.225 e. The lowest BCUT2D eigenvalue weighted by Gasteiger charge is -2.38. The molecule has 1 aliphatic heterocycles. The summed E-state index contributed by atoms with van der Waals surface area (Å²) in [7, 11) is 0. The fraction of sp³-hybridized carbons (Fsp3) is 0.500. The van der Waals surface area contributed by atoms with E-state index in [4.69, 9.17) is 5.73 Å². The molecule has 0 aliphatic carbocycles. The zero-order valence-electron chi connectivity index (χ0n) is 11.6. The van der Waals surface area contributed by atoms with Gasteiger partial charge >= 0.3 is 0 Å². The highest BCUT2D eigenvalue weighted by atomic mass is 19.2. The van der Waals surface area contributed by atoms with E-state index in [0.717, 1.165) is 6.07 Å². The van der Waals surface area contributed by atoms with Crippen LogP contribution < -0.4 is 5.73 Å². The molecular formula is C14H17F3N2O. The number of hydrogen-bond donors (Lipinski definition) is 1. The molecule has 0 saturated carbocycles. The van der Waals surface area contributed by atoms with Crippen molar-refractivity contribution in [3.63, 3.8) is 0 Å². The van der Waals surface area contributed by atoms with E-state index in [1.807, 2.05) is 0 Å². The first-order valence-corrected chi connectivity index (χ1v) is 6.35. The van der Waals surface area contributed by atoms with Crippen molar-refractivity contribution >= 4 is 5.91 Å². The third-order valence-electron chi connectivity index (χ3n) is 3.44. The number of nitrogens with two attached hydrogens (primary N) is 1. The molecule has 20 heavy (non-hydrogen) atoms. The standard InChI is InChI=1S/C14H17F3N2O/c1-14(2,3)19-12(20)6-11(18)13(19)7-4-9(16)10(17)5-8(7)15/h4-5,11,13H,6,18H2,1-3H3. The van der Waals surface area contributed by atoms with Crippen LogP contribution in [-0.4, -0.2) is 22.4 Å². The maximum atomic E-state index is 13.9. The zero-order valence-corrected chi connectivity index (χ0v) is 11.6. The van der Waals surface area contributed by atoms with Crippen LogP contribution in [0.5, 0.6) is 0 Å². The monoisotopic (exact) mass is 286 g/mol. The molecule has 2 rings (SSSR count). The number of benzene rings is 1. The summed E-state index contributed by atoms with van der Waals surface area (Å²) in [6, 6.07) is -0.174. The number of carbonyl (C=O) groups excluding carboxylic acids is 1. The van der Waals surface area contributed by atoms with Crippen molar-refractivity contribution in [3.8, 4) is 0 Å². The van der Waals surface area contributed by atoms with Gasteiger partial charge in [0.15, 0.2) is 11.6 Å². The fourth-order valence-electron chi connectivity index (χ4n) is 2.68. The summed E-state index contributed by atoms with van der Waals surface area (Å²) in [5.74, 6) is -3.53. The largest absolute Gasteiger partial charge is 0.329 e. The fourth-order valence-corrected chi connectivity index (χ4v) is 2.68. The van der Waals surface area contributed by atoms with Crippen LogP contribution in [-0.2, 0) is 4.79 Å². The molecular weight excluding hydrogens is 269 g/mol. The maximum absolute atomic E-state index is 13.9. The number of nitrogens with zero attached hydrogens (tertiary/aromatic N) is 1. The summed E-state index contributed by atoms with van der Waals surface area (Å²) < 4.78 is 40.3. The van der Waals surface area contributed by atoms with Crippen molar-refractivity contribution in [2.24, 2.45) is 5.73 Å². The van der Waals surface area contributed by atoms with Crippen LogP contribution >= 0.6 is 0 Å². The Bertz CT molecular complexity index is 554. The van der Waals surface area contributed by atoms with Gasteiger partial charge in [-0.2, -0.15) is 0 Å². The Morgan fingerprint density at radius 1 is 1.15 bits per heavy atom. The SMILES string of the molecule is CC(C)(C)N1C(=O)CC(N)C1c1cc(F)c(F)cc1F. The van der Waals surface area contributed by atoms with Gasteiger partial charge in [-0.25, -0.2) is 13.2 Å². The number of rotatable bonds is 1. The molecule has 0 radical (unpaired) electrons. The third-order valence-corrected chi connectivity index (χ3v) is 3.44. The summed E-state index contributed by atoms with van der Waals surface area (Å²) in [5.41, 5.74) is 5.22. The molecule has 1 heterocycles. The lowest BCUT2D eigenvalue weighted by Crippen LogP contribution is -2.45. The van der Waals surface area contributed by atoms with Gasteiger partial charge in [-0.3, -0.25) is 4.79 Å². The van der Waals surface area contributed by atoms with Gasteiger partial charge in [0.1, 0.15) is 5.82 Å². The first kappa shape index (κ1) is 14.8. The molecule has 2 N–H and O–H groups in total. The van der Waals surface area contributed by atoms with Crippen molar-refractivity contribution < 1.29 is 18.0 Å². The number of likely N-dealkylation sites (tertiary alicyclic amines) is 1. The van der Waals surface area contributed by atoms with E-state index in [1.54, 1.807) is 20.8 Å². The Kier molecular flexibility index (Phi) is 3.54. The first-order chi connectivity index (χ1) is 9.12. The Balaban J connectivity index is 2.54. The van der Waals surface area contributed by atoms with Crippen LogP contribution in [0, 0.1) is 17.5 Å². The van der Waals surface area contributed by atoms with Crippen LogP contribution in [0.3, 0.4) is 0 Å². The van der Waals surface area contributed by atoms with Gasteiger partial charge in [-0.1, -0.05) is 0 Å². The molecule has 6 heteroatoms. The highest BCUT2D eigenvalue weighted by Gasteiger charge is 2.45. The molecule has 1 saturated heterocycles. The number of amides is 1. The minimum Gasteiger partial charge on any atom is -0.329 e. The quantitative estimate of drug-likeness (QED) is 0.806. The van der Waals surface area contributed by atoms with E-state index in [0.29, 0.717) is 6.07 Å². The van der Waals surface area contributed by atoms with E-state index in [2.05, 4.69) is 0 Å². The summed E-state index contributed by atoms with van der Waals surface area (Å²) in [6.45, 7) is 5.36. The second-order valence-electron chi connectivity index (χ2n) is 6.04. The minimum atomic E-state index is -1.26. The van der Waals surface area contributed by atoms with Crippen molar-refractivity contribution in [3.05, 3.63) is 35.1 Å². The van der Waals surface area contributed by atoms with Gasteiger partial charge < -0.3 is 10.6 Å². The molecule has 1 aliphatic rings. The summed E-state index contributed by atoms with van der Waals surface area (Å²) >= 11 is 0. The second-order valence-corrected chi connectivity index (χ2v) is 6.04. The zero-order chi connectivity index (χ0) is 15.2. The van der Waals surface area contributed by atoms with Crippen molar-refractivity contribution in [1.82, 2.24) is 4.90 Å². The molecule has 0 bridgehead atoms. The Morgan fingerprint density at radius 3 is 2.25 bits per heavy atom. The van der Waals surface area contributed by atoms with Crippen molar-refractivity contribution in [1.29, 1.82) is 0 Å². The summed E-state index contributed by atoms with van der Waals surface area (Å²) in [4.78, 5) is 13.5. The van der Waals surface area contributed by atoms with Crippen LogP contribution in [0.1, 0.15) is 38.8 Å². The van der Waals surface area contributed by atoms with E-state index in [9.17, 15) is 18.0 Å². The predicted molar refractivity (Wildman–Crippen MR) is 68.2 cm³/mol. The minimum absolute atomic E-state index is 0.0559. The topological polar surface area (TPSA) is 46.3 Å². The van der Waals surface area contributed by atoms with Gasteiger partial charge in [-0.15, -0.1) is 0 Å². The number of hydrogen-bond acceptors (Lipinski definition) is 2. The molecule has 110 valence electrons. The molecule has 0 spiro atoms. The molecule has 3 nitrogen and oxygen atoms in total. The molecule has 1 amide bonds. The lowest BCUT2D eigenvalue weighted by atomic mass is 9.96. The van der Waals surface area contributed by atoms with Crippen LogP contribution in [0.15, 0.2) is 12.1 Å². The van der Waals surface area contributed by atoms with E-state index in [-0.39, 0.29) is 17.9 Å². The van der Waals surface area contributed by atoms with Gasteiger partial charge in [0.25, 0.3) is 0 Å². The Labute approximate surface area is 115 Å². The second kappa shape index (κ2) is 4.77. The molecule has 0 aromatic heterocycles. The Morgan fingerprint density at radius 2 is 1.70 bits per heavy atom. The summed E-state index contributed by atoms with van der Waals surface area (Å²) in [5, 5.41) is 0. The number of halogens is 3. The van der Waals surface area contributed by atoms with Gasteiger partial charge in [0, 0.05) is 29.6 Å². The predicted octanol–water partition coefficient (Wildman–Crippen LogP) is 2.50. The van der Waals surface area contributed by atoms with Crippen molar-refractivity contribution in [2.75, 3.05) is 0 Å². The lowest BCUT2D eigenvalue weighted by molar-refractivity contribution is -0.133. The highest BCUT2D eigenvalue weighted by Crippen LogP contribution is 2.38. The van der Waals surface area contributed by atoms with E-state index >= 15 is 0 Å². The summed E-state index contributed by atoms with van der Waals surface area (Å²) in [6.07, 6.45) is 0.0559. The molecule has 1 aromatic rings. The Hall–Kier alpha value is -1.56. The molecule has 2 atom stereocenters. The van der Waals surface area contributed by atoms with Gasteiger partial charge in [0.05, 0.1) is 6.04 Å². The molecule has 1 fully saturated rings. The van der Waals surface area contributed by atoms with Crippen LogP contribution in [0.25, 0.3) is 0 Å². The van der Waals surface area contributed by atoms with Gasteiger partial charge in [0.2, 0.25) is 5.91 Å². The number of carbonyl (C=O) groups is 1. The normalized spacial score (nSPS) is 23.6. The van der Waals surface area contributed by atoms with Crippen LogP contribution in [0.2, 0.25) is 0 Å². The van der Waals surface area contributed by atoms with Crippen LogP contribution in [0.4, 0.5) is 13.2 Å². The third kappa shape index (κ3) is 2.40. The van der Waals surface area contributed by atoms with Crippen molar-refractivity contribution in [2.45, 2.75) is 44.8 Å². The van der Waals surface area contributed by atoms with E-state index < -0.39 is 35.1 Å². The van der Waals surface area contributed by atoms with E-state index in [1.165, 1.54) is 4.90 Å². The van der Waals surface area contributed by atoms with Gasteiger partial charge in [-0.05, 0) is 26.8 Å². The average molecular weight is 286 g/mol. The maximum Gasteiger partial charge on any atom is 0.225 e.